The third kappa shape index (κ3) is 4.24. The van der Waals surface area contributed by atoms with E-state index in [0.29, 0.717) is 6.07 Å². The molecule has 0 heterocycles. The highest BCUT2D eigenvalue weighted by Gasteiger charge is 2.15. The quantitative estimate of drug-likeness (QED) is 0.785. The fourth-order valence-corrected chi connectivity index (χ4v) is 2.82. The number of benzene rings is 2. The monoisotopic (exact) mass is 352 g/mol. The van der Waals surface area contributed by atoms with E-state index >= 15 is 0 Å². The molecule has 2 aromatic carbocycles. The first kappa shape index (κ1) is 17.8. The number of sulfonamides is 1. The van der Waals surface area contributed by atoms with Crippen molar-refractivity contribution in [3.63, 3.8) is 0 Å². The minimum atomic E-state index is -3.69. The van der Waals surface area contributed by atoms with Crippen LogP contribution in [0.4, 0.5) is 14.5 Å². The van der Waals surface area contributed by atoms with E-state index < -0.39 is 27.6 Å². The van der Waals surface area contributed by atoms with Gasteiger partial charge in [-0.3, -0.25) is 4.79 Å². The second-order valence-corrected chi connectivity index (χ2v) is 6.51. The Hall–Kier alpha value is -2.58. The maximum Gasteiger partial charge on any atom is 0.255 e. The van der Waals surface area contributed by atoms with Gasteiger partial charge in [0.2, 0.25) is 10.0 Å². The second-order valence-electron chi connectivity index (χ2n) is 4.74. The molecule has 0 aliphatic rings. The van der Waals surface area contributed by atoms with Gasteiger partial charge in [-0.1, -0.05) is 6.08 Å². The van der Waals surface area contributed by atoms with Crippen LogP contribution < -0.4 is 10.0 Å². The van der Waals surface area contributed by atoms with Crippen LogP contribution in [0.25, 0.3) is 0 Å². The molecule has 0 aliphatic heterocycles. The van der Waals surface area contributed by atoms with Gasteiger partial charge in [0.15, 0.2) is 0 Å². The number of nitrogens with one attached hydrogen (secondary N) is 2. The summed E-state index contributed by atoms with van der Waals surface area (Å²) in [7, 11) is -3.69. The van der Waals surface area contributed by atoms with E-state index in [-0.39, 0.29) is 22.7 Å². The zero-order chi connectivity index (χ0) is 17.7. The molecule has 2 aromatic rings. The summed E-state index contributed by atoms with van der Waals surface area (Å²) in [6.07, 6.45) is 1.40. The molecule has 126 valence electrons. The summed E-state index contributed by atoms with van der Waals surface area (Å²) in [6.45, 7) is 3.49. The molecule has 5 nitrogen and oxygen atoms in total. The van der Waals surface area contributed by atoms with Gasteiger partial charge in [0.1, 0.15) is 11.6 Å². The van der Waals surface area contributed by atoms with Crippen LogP contribution in [0.1, 0.15) is 10.4 Å². The normalized spacial score (nSPS) is 11.1. The van der Waals surface area contributed by atoms with Gasteiger partial charge in [-0.15, -0.1) is 6.58 Å². The van der Waals surface area contributed by atoms with Crippen molar-refractivity contribution in [2.75, 3.05) is 11.9 Å². The van der Waals surface area contributed by atoms with Crippen molar-refractivity contribution in [2.24, 2.45) is 0 Å². The molecule has 8 heteroatoms. The summed E-state index contributed by atoms with van der Waals surface area (Å²) in [4.78, 5) is 12.0. The summed E-state index contributed by atoms with van der Waals surface area (Å²) in [5.41, 5.74) is -0.0489. The number of hydrogen-bond donors (Lipinski definition) is 2. The highest BCUT2D eigenvalue weighted by Crippen LogP contribution is 2.17. The van der Waals surface area contributed by atoms with E-state index in [9.17, 15) is 22.0 Å². The van der Waals surface area contributed by atoms with Crippen LogP contribution in [0.2, 0.25) is 0 Å². The average molecular weight is 352 g/mol. The van der Waals surface area contributed by atoms with E-state index in [1.165, 1.54) is 30.3 Å². The molecule has 0 saturated carbocycles. The van der Waals surface area contributed by atoms with Gasteiger partial charge < -0.3 is 5.32 Å². The Labute approximate surface area is 138 Å². The van der Waals surface area contributed by atoms with Crippen molar-refractivity contribution >= 4 is 21.6 Å². The fraction of sp³-hybridized carbons (Fsp3) is 0.0625. The lowest BCUT2D eigenvalue weighted by Gasteiger charge is -2.08. The summed E-state index contributed by atoms with van der Waals surface area (Å²) in [5, 5.41) is 2.29. The summed E-state index contributed by atoms with van der Waals surface area (Å²) in [6, 6.07) is 7.85. The molecule has 1 amide bonds. The molecule has 24 heavy (non-hydrogen) atoms. The van der Waals surface area contributed by atoms with Crippen LogP contribution in [0.3, 0.4) is 0 Å². The maximum absolute atomic E-state index is 13.5. The molecule has 0 atom stereocenters. The molecular weight excluding hydrogens is 338 g/mol. The van der Waals surface area contributed by atoms with Crippen LogP contribution in [0.5, 0.6) is 0 Å². The van der Waals surface area contributed by atoms with Crippen molar-refractivity contribution in [2.45, 2.75) is 4.90 Å². The predicted octanol–water partition coefficient (Wildman–Crippen LogP) is 2.68. The SMILES string of the molecule is C=CCNS(=O)(=O)c1ccc(C(=O)Nc2ccc(F)cc2F)cc1. The van der Waals surface area contributed by atoms with E-state index in [1.54, 1.807) is 0 Å². The molecular formula is C16H14F2N2O3S. The first-order chi connectivity index (χ1) is 11.3. The minimum Gasteiger partial charge on any atom is -0.319 e. The number of halogens is 2. The molecule has 2 N–H and O–H groups in total. The number of hydrogen-bond acceptors (Lipinski definition) is 3. The van der Waals surface area contributed by atoms with Gasteiger partial charge in [0, 0.05) is 18.2 Å². The molecule has 0 aliphatic carbocycles. The smallest absolute Gasteiger partial charge is 0.255 e. The Balaban J connectivity index is 2.15. The van der Waals surface area contributed by atoms with Crippen molar-refractivity contribution in [3.05, 3.63) is 72.3 Å². The van der Waals surface area contributed by atoms with Gasteiger partial charge >= 0.3 is 0 Å². The number of anilines is 1. The van der Waals surface area contributed by atoms with Gasteiger partial charge in [-0.05, 0) is 36.4 Å². The Kier molecular flexibility index (Phi) is 5.42. The molecule has 0 fully saturated rings. The molecule has 2 rings (SSSR count). The van der Waals surface area contributed by atoms with E-state index in [2.05, 4.69) is 16.6 Å². The van der Waals surface area contributed by atoms with Crippen molar-refractivity contribution in [1.29, 1.82) is 0 Å². The van der Waals surface area contributed by atoms with Crippen LogP contribution in [-0.4, -0.2) is 20.9 Å². The number of amides is 1. The van der Waals surface area contributed by atoms with Gasteiger partial charge in [-0.2, -0.15) is 0 Å². The average Bonchev–Trinajstić information content (AvgIpc) is 2.55. The lowest BCUT2D eigenvalue weighted by Crippen LogP contribution is -2.23. The van der Waals surface area contributed by atoms with Crippen molar-refractivity contribution < 1.29 is 22.0 Å². The van der Waals surface area contributed by atoms with Crippen LogP contribution >= 0.6 is 0 Å². The predicted molar refractivity (Wildman–Crippen MR) is 86.1 cm³/mol. The standard InChI is InChI=1S/C16H14F2N2O3S/c1-2-9-19-24(22,23)13-6-3-11(4-7-13)16(21)20-15-8-5-12(17)10-14(15)18/h2-8,10,19H,1,9H2,(H,20,21). The fourth-order valence-electron chi connectivity index (χ4n) is 1.82. The van der Waals surface area contributed by atoms with E-state index in [1.807, 2.05) is 0 Å². The Morgan fingerprint density at radius 2 is 1.79 bits per heavy atom. The minimum absolute atomic E-state index is 0.0196. The van der Waals surface area contributed by atoms with E-state index in [0.717, 1.165) is 12.1 Å². The highest BCUT2D eigenvalue weighted by molar-refractivity contribution is 7.89. The van der Waals surface area contributed by atoms with Crippen molar-refractivity contribution in [3.8, 4) is 0 Å². The lowest BCUT2D eigenvalue weighted by atomic mass is 10.2. The molecule has 0 spiro atoms. The first-order valence-electron chi connectivity index (χ1n) is 6.80. The first-order valence-corrected chi connectivity index (χ1v) is 8.29. The molecule has 0 unspecified atom stereocenters. The Morgan fingerprint density at radius 1 is 1.12 bits per heavy atom. The summed E-state index contributed by atoms with van der Waals surface area (Å²) >= 11 is 0. The highest BCUT2D eigenvalue weighted by atomic mass is 32.2. The van der Waals surface area contributed by atoms with Gasteiger partial charge in [0.05, 0.1) is 10.6 Å². The molecule has 0 aromatic heterocycles. The lowest BCUT2D eigenvalue weighted by molar-refractivity contribution is 0.102. The molecule has 0 bridgehead atoms. The van der Waals surface area contributed by atoms with Gasteiger partial charge in [-0.25, -0.2) is 21.9 Å². The third-order valence-corrected chi connectivity index (χ3v) is 4.46. The number of carbonyl (C=O) groups is 1. The van der Waals surface area contributed by atoms with Crippen molar-refractivity contribution in [1.82, 2.24) is 4.72 Å². The van der Waals surface area contributed by atoms with Crippen LogP contribution in [0, 0.1) is 11.6 Å². The topological polar surface area (TPSA) is 75.3 Å². The summed E-state index contributed by atoms with van der Waals surface area (Å²) in [5.74, 6) is -2.31. The number of rotatable bonds is 6. The van der Waals surface area contributed by atoms with E-state index in [4.69, 9.17) is 0 Å². The van der Waals surface area contributed by atoms with Gasteiger partial charge in [0.25, 0.3) is 5.91 Å². The summed E-state index contributed by atoms with van der Waals surface area (Å²) < 4.78 is 52.4. The van der Waals surface area contributed by atoms with Crippen LogP contribution in [-0.2, 0) is 10.0 Å². The number of carbonyl (C=O) groups excluding carboxylic acids is 1. The largest absolute Gasteiger partial charge is 0.319 e. The zero-order valence-electron chi connectivity index (χ0n) is 12.4. The molecule has 0 radical (unpaired) electrons. The second kappa shape index (κ2) is 7.33. The Morgan fingerprint density at radius 3 is 2.38 bits per heavy atom. The van der Waals surface area contributed by atoms with Crippen LogP contribution in [0.15, 0.2) is 60.0 Å². The zero-order valence-corrected chi connectivity index (χ0v) is 13.2. The third-order valence-electron chi connectivity index (χ3n) is 3.02. The maximum atomic E-state index is 13.5. The molecule has 0 saturated heterocycles. The Bertz CT molecular complexity index is 865.